The molecular weight excluding hydrogens is 497 g/mol. The molecular formula is C25H22N5O4PS. The second kappa shape index (κ2) is 9.31. The number of benzene rings is 2. The first-order chi connectivity index (χ1) is 17.3. The van der Waals surface area contributed by atoms with Gasteiger partial charge in [0, 0.05) is 36.7 Å². The average Bonchev–Trinajstić information content (AvgIpc) is 3.48. The Morgan fingerprint density at radius 2 is 1.86 bits per heavy atom. The van der Waals surface area contributed by atoms with E-state index < -0.39 is 13.5 Å². The van der Waals surface area contributed by atoms with Crippen molar-refractivity contribution in [2.24, 2.45) is 0 Å². The van der Waals surface area contributed by atoms with E-state index in [1.807, 2.05) is 68.6 Å². The topological polar surface area (TPSA) is 119 Å². The number of hydrogen-bond donors (Lipinski definition) is 2. The summed E-state index contributed by atoms with van der Waals surface area (Å²) in [5.41, 5.74) is 4.91. The van der Waals surface area contributed by atoms with Gasteiger partial charge in [-0.2, -0.15) is 5.10 Å². The quantitative estimate of drug-likeness (QED) is 0.274. The number of aromatic nitrogens is 4. The Morgan fingerprint density at radius 3 is 2.53 bits per heavy atom. The maximum Gasteiger partial charge on any atom is 0.349 e. The molecule has 0 saturated carbocycles. The molecule has 0 bridgehead atoms. The third kappa shape index (κ3) is 4.42. The highest BCUT2D eigenvalue weighted by Crippen LogP contribution is 2.47. The number of anilines is 1. The van der Waals surface area contributed by atoms with E-state index in [0.29, 0.717) is 10.3 Å². The highest BCUT2D eigenvalue weighted by Gasteiger charge is 2.31. The van der Waals surface area contributed by atoms with Crippen LogP contribution in [0, 0.1) is 13.8 Å². The molecule has 0 amide bonds. The van der Waals surface area contributed by atoms with E-state index >= 15 is 0 Å². The number of nitrogens with zero attached hydrogens (tertiary/aromatic N) is 4. The highest BCUT2D eigenvalue weighted by atomic mass is 32.1. The van der Waals surface area contributed by atoms with Gasteiger partial charge in [0.15, 0.2) is 16.3 Å². The summed E-state index contributed by atoms with van der Waals surface area (Å²) >= 11 is 1.000. The Balaban J connectivity index is 1.48. The Kier molecular flexibility index (Phi) is 6.17. The third-order valence-corrected chi connectivity index (χ3v) is 8.91. The van der Waals surface area contributed by atoms with Gasteiger partial charge in [0.05, 0.1) is 11.0 Å². The Labute approximate surface area is 211 Å². The molecule has 0 radical (unpaired) electrons. The summed E-state index contributed by atoms with van der Waals surface area (Å²) in [6.07, 6.45) is 3.54. The van der Waals surface area contributed by atoms with Gasteiger partial charge in [0.1, 0.15) is 5.01 Å². The van der Waals surface area contributed by atoms with Crippen LogP contribution >= 0.6 is 18.9 Å². The number of aromatic carboxylic acids is 1. The molecule has 5 aromatic rings. The molecule has 11 heteroatoms. The van der Waals surface area contributed by atoms with Crippen molar-refractivity contribution >= 4 is 41.6 Å². The van der Waals surface area contributed by atoms with E-state index in [9.17, 15) is 14.5 Å². The number of carboxylic acid groups (broad SMARTS) is 1. The predicted octanol–water partition coefficient (Wildman–Crippen LogP) is 5.41. The zero-order valence-corrected chi connectivity index (χ0v) is 21.4. The smallest absolute Gasteiger partial charge is 0.349 e. The molecule has 9 nitrogen and oxygen atoms in total. The Hall–Kier alpha value is -3.85. The molecule has 3 aromatic heterocycles. The van der Waals surface area contributed by atoms with E-state index in [2.05, 4.69) is 20.2 Å². The van der Waals surface area contributed by atoms with E-state index in [4.69, 9.17) is 4.52 Å². The van der Waals surface area contributed by atoms with Gasteiger partial charge in [-0.15, -0.1) is 11.3 Å². The lowest BCUT2D eigenvalue weighted by Gasteiger charge is -2.20. The molecule has 2 aromatic carbocycles. The Morgan fingerprint density at radius 1 is 1.11 bits per heavy atom. The van der Waals surface area contributed by atoms with Gasteiger partial charge in [0.25, 0.3) is 0 Å². The minimum atomic E-state index is -3.63. The summed E-state index contributed by atoms with van der Waals surface area (Å²) in [7, 11) is -2.30. The van der Waals surface area contributed by atoms with E-state index in [-0.39, 0.29) is 10.7 Å². The largest absolute Gasteiger partial charge is 0.477 e. The van der Waals surface area contributed by atoms with Gasteiger partial charge in [-0.25, -0.2) is 19.3 Å². The Bertz CT molecular complexity index is 1610. The molecule has 2 N–H and O–H groups in total. The molecule has 0 saturated heterocycles. The van der Waals surface area contributed by atoms with Crippen LogP contribution < -0.4 is 10.4 Å². The summed E-state index contributed by atoms with van der Waals surface area (Å²) in [6, 6.07) is 16.6. The van der Waals surface area contributed by atoms with Gasteiger partial charge in [-0.3, -0.25) is 9.65 Å². The summed E-state index contributed by atoms with van der Waals surface area (Å²) in [5.74, 6) is -1.17. The van der Waals surface area contributed by atoms with E-state index in [1.165, 1.54) is 7.11 Å². The molecule has 0 aliphatic heterocycles. The van der Waals surface area contributed by atoms with E-state index in [0.717, 1.165) is 44.9 Å². The monoisotopic (exact) mass is 519 g/mol. The zero-order chi connectivity index (χ0) is 25.4. The number of hydrogen-bond acceptors (Lipinski definition) is 7. The lowest BCUT2D eigenvalue weighted by atomic mass is 10.1. The summed E-state index contributed by atoms with van der Waals surface area (Å²) in [6.45, 7) is 3.77. The number of thiazole rings is 1. The lowest BCUT2D eigenvalue weighted by Crippen LogP contribution is -2.17. The fourth-order valence-corrected chi connectivity index (χ4v) is 6.49. The first-order valence-corrected chi connectivity index (χ1v) is 13.4. The van der Waals surface area contributed by atoms with Crippen LogP contribution in [0.3, 0.4) is 0 Å². The maximum atomic E-state index is 13.7. The molecule has 1 unspecified atom stereocenters. The number of carboxylic acids is 1. The number of carbonyl (C=O) groups is 1. The van der Waals surface area contributed by atoms with E-state index in [1.54, 1.807) is 16.8 Å². The number of fused-ring (bicyclic) bond motifs is 1. The van der Waals surface area contributed by atoms with Crippen molar-refractivity contribution in [3.63, 3.8) is 0 Å². The van der Waals surface area contributed by atoms with Crippen molar-refractivity contribution in [2.75, 3.05) is 12.2 Å². The van der Waals surface area contributed by atoms with Crippen LogP contribution in [0.15, 0.2) is 67.0 Å². The molecule has 182 valence electrons. The van der Waals surface area contributed by atoms with Gasteiger partial charge in [-0.1, -0.05) is 42.0 Å². The summed E-state index contributed by atoms with van der Waals surface area (Å²) in [4.78, 5) is 20.7. The van der Waals surface area contributed by atoms with Gasteiger partial charge in [0.2, 0.25) is 0 Å². The minimum absolute atomic E-state index is 0.00293. The minimum Gasteiger partial charge on any atom is -0.477 e. The van der Waals surface area contributed by atoms with Crippen molar-refractivity contribution in [2.45, 2.75) is 13.8 Å². The normalized spacial score (nSPS) is 13.0. The van der Waals surface area contributed by atoms with Crippen LogP contribution in [-0.2, 0) is 9.09 Å². The maximum absolute atomic E-state index is 13.7. The molecule has 0 aliphatic carbocycles. The average molecular weight is 520 g/mol. The third-order valence-electron chi connectivity index (χ3n) is 5.66. The molecule has 0 spiro atoms. The summed E-state index contributed by atoms with van der Waals surface area (Å²) in [5, 5.41) is 18.1. The van der Waals surface area contributed by atoms with Crippen molar-refractivity contribution in [1.29, 1.82) is 0 Å². The molecule has 1 atom stereocenters. The zero-order valence-electron chi connectivity index (χ0n) is 19.7. The SMILES string of the molecule is COP(=O)(Nc1nc(-c2ccc(-c3cc4ncccn4n3)cc2)sc1C(=O)O)c1ccc(C)cc1C. The molecule has 5 rings (SSSR count). The summed E-state index contributed by atoms with van der Waals surface area (Å²) < 4.78 is 20.8. The van der Waals surface area contributed by atoms with Gasteiger partial charge in [-0.05, 0) is 31.5 Å². The van der Waals surface area contributed by atoms with Crippen molar-refractivity contribution in [3.8, 4) is 21.8 Å². The fourth-order valence-electron chi connectivity index (χ4n) is 3.90. The second-order valence-electron chi connectivity index (χ2n) is 8.17. The van der Waals surface area contributed by atoms with Gasteiger partial charge < -0.3 is 9.63 Å². The number of aryl methyl sites for hydroxylation is 2. The fraction of sp³-hybridized carbons (Fsp3) is 0.120. The van der Waals surface area contributed by atoms with Crippen LogP contribution in [0.4, 0.5) is 5.82 Å². The first kappa shape index (κ1) is 23.9. The second-order valence-corrected chi connectivity index (χ2v) is 11.3. The molecule has 36 heavy (non-hydrogen) atoms. The van der Waals surface area contributed by atoms with Crippen LogP contribution in [0.1, 0.15) is 20.8 Å². The van der Waals surface area contributed by atoms with Crippen LogP contribution in [0.25, 0.3) is 27.5 Å². The first-order valence-electron chi connectivity index (χ1n) is 10.9. The lowest BCUT2D eigenvalue weighted by molar-refractivity contribution is 0.0703. The van der Waals surface area contributed by atoms with Crippen LogP contribution in [0.2, 0.25) is 0 Å². The van der Waals surface area contributed by atoms with Crippen LogP contribution in [0.5, 0.6) is 0 Å². The van der Waals surface area contributed by atoms with Crippen molar-refractivity contribution in [3.05, 3.63) is 83.0 Å². The van der Waals surface area contributed by atoms with Crippen molar-refractivity contribution < 1.29 is 19.0 Å². The highest BCUT2D eigenvalue weighted by molar-refractivity contribution is 7.68. The number of nitrogens with one attached hydrogen (secondary N) is 1. The van der Waals surface area contributed by atoms with Crippen molar-refractivity contribution in [1.82, 2.24) is 19.6 Å². The molecule has 0 aliphatic rings. The standard InChI is InChI=1S/C25H22N5O4PS/c1-15-5-10-20(16(2)13-15)35(33,34-3)29-23-22(25(31)32)36-24(27-23)18-8-6-17(7-9-18)19-14-21-26-11-4-12-30(21)28-19/h4-14H,1-3H3,(H,29,33)(H,31,32). The molecule has 3 heterocycles. The number of rotatable bonds is 7. The van der Waals surface area contributed by atoms with Gasteiger partial charge >= 0.3 is 13.5 Å². The molecule has 0 fully saturated rings. The predicted molar refractivity (Wildman–Crippen MR) is 140 cm³/mol. The van der Waals surface area contributed by atoms with Crippen LogP contribution in [-0.4, -0.2) is 37.8 Å².